The van der Waals surface area contributed by atoms with Crippen molar-refractivity contribution in [2.75, 3.05) is 25.5 Å². The molecule has 2 aliphatic rings. The first kappa shape index (κ1) is 23.6. The fourth-order valence-corrected chi connectivity index (χ4v) is 5.91. The Bertz CT molecular complexity index is 1140. The summed E-state index contributed by atoms with van der Waals surface area (Å²) in [5.41, 5.74) is 1.18. The van der Waals surface area contributed by atoms with Gasteiger partial charge in [-0.2, -0.15) is 0 Å². The second kappa shape index (κ2) is 9.74. The summed E-state index contributed by atoms with van der Waals surface area (Å²) in [6.07, 6.45) is 1.87. The number of ether oxygens (including phenoxy) is 1. The van der Waals surface area contributed by atoms with E-state index in [0.29, 0.717) is 35.3 Å². The van der Waals surface area contributed by atoms with Gasteiger partial charge in [0, 0.05) is 24.5 Å². The maximum Gasteiger partial charge on any atom is 0.247 e. The van der Waals surface area contributed by atoms with E-state index >= 15 is 0 Å². The topological polar surface area (TPSA) is 105 Å². The van der Waals surface area contributed by atoms with Crippen molar-refractivity contribution in [1.82, 2.24) is 9.62 Å². The molecular formula is C23H27N3O5S2. The molecule has 2 aromatic carbocycles. The highest BCUT2D eigenvalue weighted by Crippen LogP contribution is 2.38. The summed E-state index contributed by atoms with van der Waals surface area (Å²) in [7, 11) is -2.23. The minimum absolute atomic E-state index is 0.0467. The third-order valence-corrected chi connectivity index (χ3v) is 8.61. The van der Waals surface area contributed by atoms with E-state index in [2.05, 4.69) is 17.0 Å². The molecule has 33 heavy (non-hydrogen) atoms. The molecule has 0 aliphatic carbocycles. The van der Waals surface area contributed by atoms with Crippen molar-refractivity contribution in [2.24, 2.45) is 5.92 Å². The molecule has 0 unspecified atom stereocenters. The number of thioether (sulfide) groups is 1. The molecule has 1 saturated heterocycles. The second-order valence-corrected chi connectivity index (χ2v) is 11.2. The van der Waals surface area contributed by atoms with E-state index in [1.165, 1.54) is 23.9 Å². The summed E-state index contributed by atoms with van der Waals surface area (Å²) >= 11 is 1.17. The number of rotatable bonds is 6. The number of nitrogens with zero attached hydrogens (tertiary/aromatic N) is 1. The van der Waals surface area contributed by atoms with Gasteiger partial charge >= 0.3 is 0 Å². The van der Waals surface area contributed by atoms with Crippen LogP contribution in [0, 0.1) is 5.92 Å². The molecular weight excluding hydrogens is 462 g/mol. The van der Waals surface area contributed by atoms with Gasteiger partial charge in [0.05, 0.1) is 17.7 Å². The summed E-state index contributed by atoms with van der Waals surface area (Å²) in [6.45, 7) is 3.61. The number of piperidine rings is 1. The standard InChI is InChI=1S/C23H27N3O5S2/c1-15-9-11-26(12-10-15)23(28)21-22(27)25-19-13-18(7-8-20(19)32-21)33(29,30)24-14-16-3-5-17(31-2)6-4-16/h3-8,13,15,21,24H,9-12,14H2,1-2H3,(H,25,27)/t21-/m1/s1. The van der Waals surface area contributed by atoms with Gasteiger partial charge in [-0.05, 0) is 54.7 Å². The van der Waals surface area contributed by atoms with Crippen molar-refractivity contribution < 1.29 is 22.7 Å². The number of hydrogen-bond donors (Lipinski definition) is 2. The van der Waals surface area contributed by atoms with E-state index < -0.39 is 21.2 Å². The van der Waals surface area contributed by atoms with Gasteiger partial charge in [-0.3, -0.25) is 9.59 Å². The Hall–Kier alpha value is -2.56. The Kier molecular flexibility index (Phi) is 6.96. The summed E-state index contributed by atoms with van der Waals surface area (Å²) in [5, 5.41) is 1.86. The van der Waals surface area contributed by atoms with Crippen LogP contribution in [0.4, 0.5) is 5.69 Å². The van der Waals surface area contributed by atoms with Crippen LogP contribution in [0.3, 0.4) is 0 Å². The minimum Gasteiger partial charge on any atom is -0.497 e. The molecule has 176 valence electrons. The van der Waals surface area contributed by atoms with Gasteiger partial charge in [-0.25, -0.2) is 13.1 Å². The van der Waals surface area contributed by atoms with Gasteiger partial charge in [-0.15, -0.1) is 11.8 Å². The van der Waals surface area contributed by atoms with Crippen LogP contribution < -0.4 is 14.8 Å². The van der Waals surface area contributed by atoms with Crippen LogP contribution in [-0.2, 0) is 26.2 Å². The Balaban J connectivity index is 1.44. The predicted octanol–water partition coefficient (Wildman–Crippen LogP) is 2.85. The molecule has 0 saturated carbocycles. The number of sulfonamides is 1. The average molecular weight is 490 g/mol. The number of likely N-dealkylation sites (tertiary alicyclic amines) is 1. The maximum absolute atomic E-state index is 12.9. The molecule has 1 fully saturated rings. The summed E-state index contributed by atoms with van der Waals surface area (Å²) < 4.78 is 33.2. The quantitative estimate of drug-likeness (QED) is 0.605. The zero-order valence-electron chi connectivity index (χ0n) is 18.5. The van der Waals surface area contributed by atoms with Crippen LogP contribution in [0.2, 0.25) is 0 Å². The summed E-state index contributed by atoms with van der Waals surface area (Å²) in [5.74, 6) is 0.669. The van der Waals surface area contributed by atoms with Crippen LogP contribution in [0.5, 0.6) is 5.75 Å². The highest BCUT2D eigenvalue weighted by atomic mass is 32.2. The number of amides is 2. The highest BCUT2D eigenvalue weighted by Gasteiger charge is 2.37. The van der Waals surface area contributed by atoms with Crippen LogP contribution in [0.15, 0.2) is 52.3 Å². The van der Waals surface area contributed by atoms with Gasteiger partial charge in [0.25, 0.3) is 0 Å². The number of carbonyl (C=O) groups is 2. The number of methoxy groups -OCH3 is 1. The average Bonchev–Trinajstić information content (AvgIpc) is 2.82. The molecule has 2 heterocycles. The number of carbonyl (C=O) groups excluding carboxylic acids is 2. The Morgan fingerprint density at radius 3 is 2.55 bits per heavy atom. The van der Waals surface area contributed by atoms with Gasteiger partial charge in [-0.1, -0.05) is 19.1 Å². The van der Waals surface area contributed by atoms with Gasteiger partial charge < -0.3 is 15.0 Å². The molecule has 2 aromatic rings. The lowest BCUT2D eigenvalue weighted by molar-refractivity contribution is -0.135. The molecule has 8 nitrogen and oxygen atoms in total. The zero-order valence-corrected chi connectivity index (χ0v) is 20.2. The number of nitrogens with one attached hydrogen (secondary N) is 2. The Morgan fingerprint density at radius 2 is 1.88 bits per heavy atom. The summed E-state index contributed by atoms with van der Waals surface area (Å²) in [4.78, 5) is 28.0. The van der Waals surface area contributed by atoms with Crippen molar-refractivity contribution in [3.8, 4) is 5.75 Å². The van der Waals surface area contributed by atoms with Crippen molar-refractivity contribution in [1.29, 1.82) is 0 Å². The molecule has 0 radical (unpaired) electrons. The first-order valence-corrected chi connectivity index (χ1v) is 13.2. The van der Waals surface area contributed by atoms with Crippen LogP contribution in [0.1, 0.15) is 25.3 Å². The lowest BCUT2D eigenvalue weighted by Crippen LogP contribution is -2.47. The first-order chi connectivity index (χ1) is 15.8. The molecule has 0 spiro atoms. The highest BCUT2D eigenvalue weighted by molar-refractivity contribution is 8.01. The minimum atomic E-state index is -3.79. The van der Waals surface area contributed by atoms with Gasteiger partial charge in [0.15, 0.2) is 5.25 Å². The zero-order chi connectivity index (χ0) is 23.6. The third-order valence-electron chi connectivity index (χ3n) is 5.95. The van der Waals surface area contributed by atoms with Gasteiger partial charge in [0.2, 0.25) is 21.8 Å². The van der Waals surface area contributed by atoms with E-state index in [-0.39, 0.29) is 17.3 Å². The molecule has 2 amide bonds. The van der Waals surface area contributed by atoms with E-state index in [1.54, 1.807) is 42.3 Å². The molecule has 4 rings (SSSR count). The SMILES string of the molecule is COc1ccc(CNS(=O)(=O)c2ccc3c(c2)NC(=O)[C@H](C(=O)N2CCC(C)CC2)S3)cc1. The molecule has 2 aliphatic heterocycles. The van der Waals surface area contributed by atoms with Crippen LogP contribution in [0.25, 0.3) is 0 Å². The van der Waals surface area contributed by atoms with E-state index in [0.717, 1.165) is 18.4 Å². The molecule has 1 atom stereocenters. The lowest BCUT2D eigenvalue weighted by atomic mass is 9.99. The molecule has 0 aromatic heterocycles. The number of hydrogen-bond acceptors (Lipinski definition) is 6. The number of fused-ring (bicyclic) bond motifs is 1. The van der Waals surface area contributed by atoms with E-state index in [1.807, 2.05) is 0 Å². The second-order valence-electron chi connectivity index (χ2n) is 8.33. The Labute approximate surface area is 198 Å². The smallest absolute Gasteiger partial charge is 0.247 e. The third kappa shape index (κ3) is 5.34. The van der Waals surface area contributed by atoms with E-state index in [4.69, 9.17) is 4.74 Å². The first-order valence-electron chi connectivity index (χ1n) is 10.8. The lowest BCUT2D eigenvalue weighted by Gasteiger charge is -2.33. The van der Waals surface area contributed by atoms with Crippen molar-refractivity contribution in [3.63, 3.8) is 0 Å². The molecule has 2 N–H and O–H groups in total. The van der Waals surface area contributed by atoms with Gasteiger partial charge in [0.1, 0.15) is 5.75 Å². The number of anilines is 1. The monoisotopic (exact) mass is 489 g/mol. The van der Waals surface area contributed by atoms with Crippen molar-refractivity contribution in [3.05, 3.63) is 48.0 Å². The van der Waals surface area contributed by atoms with Crippen LogP contribution >= 0.6 is 11.8 Å². The van der Waals surface area contributed by atoms with Crippen molar-refractivity contribution in [2.45, 2.75) is 41.4 Å². The van der Waals surface area contributed by atoms with Crippen LogP contribution in [-0.4, -0.2) is 50.6 Å². The number of benzene rings is 2. The Morgan fingerprint density at radius 1 is 1.18 bits per heavy atom. The summed E-state index contributed by atoms with van der Waals surface area (Å²) in [6, 6.07) is 11.6. The normalized spacial score (nSPS) is 19.0. The van der Waals surface area contributed by atoms with E-state index in [9.17, 15) is 18.0 Å². The maximum atomic E-state index is 12.9. The largest absolute Gasteiger partial charge is 0.497 e. The molecule has 10 heteroatoms. The molecule has 0 bridgehead atoms. The fraction of sp³-hybridized carbons (Fsp3) is 0.391. The predicted molar refractivity (Wildman–Crippen MR) is 127 cm³/mol. The fourth-order valence-electron chi connectivity index (χ4n) is 3.82. The van der Waals surface area contributed by atoms with Crippen molar-refractivity contribution >= 4 is 39.3 Å².